The number of ether oxygens (including phenoxy) is 2. The van der Waals surface area contributed by atoms with Gasteiger partial charge in [-0.2, -0.15) is 13.2 Å². The second-order valence-corrected chi connectivity index (χ2v) is 6.86. The Hall–Kier alpha value is -3.48. The lowest BCUT2D eigenvalue weighted by molar-refractivity contribution is -0.137. The molecular formula is C23H19F3N2O2. The molecule has 0 fully saturated rings. The van der Waals surface area contributed by atoms with Crippen LogP contribution in [0.2, 0.25) is 0 Å². The number of pyridine rings is 1. The highest BCUT2D eigenvalue weighted by Crippen LogP contribution is 2.32. The Bertz CT molecular complexity index is 1150. The van der Waals surface area contributed by atoms with Crippen molar-refractivity contribution < 1.29 is 22.6 Å². The van der Waals surface area contributed by atoms with Crippen LogP contribution in [-0.4, -0.2) is 17.1 Å². The van der Waals surface area contributed by atoms with Gasteiger partial charge in [0.15, 0.2) is 11.5 Å². The lowest BCUT2D eigenvalue weighted by atomic mass is 10.0. The van der Waals surface area contributed by atoms with E-state index in [2.05, 4.69) is 9.97 Å². The molecule has 2 aromatic heterocycles. The van der Waals surface area contributed by atoms with Crippen molar-refractivity contribution in [1.82, 2.24) is 9.97 Å². The molecule has 0 atom stereocenters. The highest BCUT2D eigenvalue weighted by Gasteiger charge is 2.29. The van der Waals surface area contributed by atoms with Crippen LogP contribution in [0, 0.1) is 0 Å². The first-order valence-electron chi connectivity index (χ1n) is 9.31. The van der Waals surface area contributed by atoms with Crippen LogP contribution >= 0.6 is 0 Å². The number of rotatable bonds is 6. The van der Waals surface area contributed by atoms with Gasteiger partial charge < -0.3 is 14.5 Å². The van der Waals surface area contributed by atoms with E-state index in [0.717, 1.165) is 34.3 Å². The Balaban J connectivity index is 1.47. The average molecular weight is 412 g/mol. The number of aromatic amines is 1. The van der Waals surface area contributed by atoms with Gasteiger partial charge >= 0.3 is 6.18 Å². The molecule has 0 aliphatic heterocycles. The van der Waals surface area contributed by atoms with E-state index in [1.807, 2.05) is 36.5 Å². The van der Waals surface area contributed by atoms with Gasteiger partial charge in [-0.25, -0.2) is 4.98 Å². The van der Waals surface area contributed by atoms with E-state index in [1.54, 1.807) is 13.3 Å². The first-order chi connectivity index (χ1) is 14.4. The van der Waals surface area contributed by atoms with Gasteiger partial charge in [0.2, 0.25) is 0 Å². The van der Waals surface area contributed by atoms with Crippen molar-refractivity contribution in [1.29, 1.82) is 0 Å². The third kappa shape index (κ3) is 4.25. The second-order valence-electron chi connectivity index (χ2n) is 6.86. The SMILES string of the molecule is COc1cc(Cc2c[nH]c3ncccc23)ccc1OCc1ccc(C(F)(F)F)cc1. The normalized spacial score (nSPS) is 11.6. The quantitative estimate of drug-likeness (QED) is 0.438. The van der Waals surface area contributed by atoms with Crippen LogP contribution in [-0.2, 0) is 19.2 Å². The lowest BCUT2D eigenvalue weighted by Crippen LogP contribution is -2.05. The van der Waals surface area contributed by atoms with Crippen LogP contribution in [0.5, 0.6) is 11.5 Å². The number of halogens is 3. The number of hydrogen-bond donors (Lipinski definition) is 1. The number of H-pyrrole nitrogens is 1. The van der Waals surface area contributed by atoms with E-state index < -0.39 is 11.7 Å². The van der Waals surface area contributed by atoms with Crippen LogP contribution in [0.1, 0.15) is 22.3 Å². The summed E-state index contributed by atoms with van der Waals surface area (Å²) in [7, 11) is 1.56. The number of alkyl halides is 3. The van der Waals surface area contributed by atoms with Crippen molar-refractivity contribution in [3.05, 3.63) is 89.2 Å². The molecule has 0 radical (unpaired) electrons. The predicted molar refractivity (Wildman–Crippen MR) is 108 cm³/mol. The van der Waals surface area contributed by atoms with Gasteiger partial charge in [0, 0.05) is 17.8 Å². The van der Waals surface area contributed by atoms with Crippen LogP contribution in [0.4, 0.5) is 13.2 Å². The van der Waals surface area contributed by atoms with E-state index in [9.17, 15) is 13.2 Å². The van der Waals surface area contributed by atoms with Gasteiger partial charge in [-0.1, -0.05) is 18.2 Å². The fourth-order valence-electron chi connectivity index (χ4n) is 3.27. The van der Waals surface area contributed by atoms with Gasteiger partial charge in [0.1, 0.15) is 12.3 Å². The molecule has 4 aromatic rings. The molecule has 4 nitrogen and oxygen atoms in total. The smallest absolute Gasteiger partial charge is 0.416 e. The van der Waals surface area contributed by atoms with Crippen molar-refractivity contribution in [3.8, 4) is 11.5 Å². The molecule has 154 valence electrons. The van der Waals surface area contributed by atoms with Crippen molar-refractivity contribution in [2.45, 2.75) is 19.2 Å². The number of aromatic nitrogens is 2. The molecule has 0 aliphatic rings. The van der Waals surface area contributed by atoms with Crippen LogP contribution in [0.3, 0.4) is 0 Å². The Labute approximate surface area is 171 Å². The molecule has 4 rings (SSSR count). The largest absolute Gasteiger partial charge is 0.493 e. The Morgan fingerprint density at radius 3 is 2.47 bits per heavy atom. The molecular weight excluding hydrogens is 393 g/mol. The van der Waals surface area contributed by atoms with E-state index in [4.69, 9.17) is 9.47 Å². The van der Waals surface area contributed by atoms with Crippen LogP contribution in [0.15, 0.2) is 67.0 Å². The summed E-state index contributed by atoms with van der Waals surface area (Å²) in [6.45, 7) is 0.141. The zero-order valence-corrected chi connectivity index (χ0v) is 16.2. The number of fused-ring (bicyclic) bond motifs is 1. The molecule has 2 heterocycles. The summed E-state index contributed by atoms with van der Waals surface area (Å²) in [5, 5.41) is 1.07. The van der Waals surface area contributed by atoms with Gasteiger partial charge in [0.25, 0.3) is 0 Å². The van der Waals surface area contributed by atoms with E-state index in [1.165, 1.54) is 12.1 Å². The van der Waals surface area contributed by atoms with Crippen molar-refractivity contribution in [2.75, 3.05) is 7.11 Å². The molecule has 2 aromatic carbocycles. The molecule has 0 bridgehead atoms. The van der Waals surface area contributed by atoms with E-state index in [-0.39, 0.29) is 6.61 Å². The third-order valence-corrected chi connectivity index (χ3v) is 4.83. The Morgan fingerprint density at radius 2 is 1.73 bits per heavy atom. The summed E-state index contributed by atoms with van der Waals surface area (Å²) in [4.78, 5) is 7.46. The molecule has 30 heavy (non-hydrogen) atoms. The zero-order chi connectivity index (χ0) is 21.1. The van der Waals surface area contributed by atoms with Crippen molar-refractivity contribution in [2.24, 2.45) is 0 Å². The van der Waals surface area contributed by atoms with Crippen molar-refractivity contribution in [3.63, 3.8) is 0 Å². The Kier molecular flexibility index (Phi) is 5.35. The third-order valence-electron chi connectivity index (χ3n) is 4.83. The number of nitrogens with zero attached hydrogens (tertiary/aromatic N) is 1. The van der Waals surface area contributed by atoms with Crippen LogP contribution in [0.25, 0.3) is 11.0 Å². The minimum atomic E-state index is -4.35. The first-order valence-corrected chi connectivity index (χ1v) is 9.31. The minimum absolute atomic E-state index is 0.141. The number of methoxy groups -OCH3 is 1. The number of benzene rings is 2. The summed E-state index contributed by atoms with van der Waals surface area (Å²) in [5.41, 5.74) is 2.97. The molecule has 0 amide bonds. The van der Waals surface area contributed by atoms with Crippen LogP contribution < -0.4 is 9.47 Å². The molecule has 0 unspecified atom stereocenters. The van der Waals surface area contributed by atoms with Gasteiger partial charge in [-0.3, -0.25) is 0 Å². The molecule has 0 saturated carbocycles. The molecule has 0 saturated heterocycles. The monoisotopic (exact) mass is 412 g/mol. The first kappa shape index (κ1) is 19.8. The van der Waals surface area contributed by atoms with Gasteiger partial charge in [-0.05, 0) is 59.5 Å². The summed E-state index contributed by atoms with van der Waals surface area (Å²) in [6, 6.07) is 14.5. The summed E-state index contributed by atoms with van der Waals surface area (Å²) >= 11 is 0. The maximum absolute atomic E-state index is 12.7. The summed E-state index contributed by atoms with van der Waals surface area (Å²) in [6.07, 6.45) is 0.0358. The average Bonchev–Trinajstić information content (AvgIpc) is 3.15. The molecule has 1 N–H and O–H groups in total. The van der Waals surface area contributed by atoms with E-state index >= 15 is 0 Å². The van der Waals surface area contributed by atoms with Gasteiger partial charge in [0.05, 0.1) is 12.7 Å². The van der Waals surface area contributed by atoms with Gasteiger partial charge in [-0.15, -0.1) is 0 Å². The Morgan fingerprint density at radius 1 is 0.967 bits per heavy atom. The number of hydrogen-bond acceptors (Lipinski definition) is 3. The maximum atomic E-state index is 12.7. The highest BCUT2D eigenvalue weighted by molar-refractivity contribution is 5.79. The highest BCUT2D eigenvalue weighted by atomic mass is 19.4. The predicted octanol–water partition coefficient (Wildman–Crippen LogP) is 5.76. The maximum Gasteiger partial charge on any atom is 0.416 e. The number of nitrogens with one attached hydrogen (secondary N) is 1. The lowest BCUT2D eigenvalue weighted by Gasteiger charge is -2.13. The summed E-state index contributed by atoms with van der Waals surface area (Å²) < 4.78 is 49.3. The minimum Gasteiger partial charge on any atom is -0.493 e. The molecule has 0 aliphatic carbocycles. The fraction of sp³-hybridized carbons (Fsp3) is 0.174. The summed E-state index contributed by atoms with van der Waals surface area (Å²) in [5.74, 6) is 1.10. The second kappa shape index (κ2) is 8.10. The standard InChI is InChI=1S/C23H19F3N2O2/c1-29-21-12-16(11-17-13-28-22-19(17)3-2-10-27-22)6-9-20(21)30-14-15-4-7-18(8-5-15)23(24,25)26/h2-10,12-13H,11,14H2,1H3,(H,27,28). The van der Waals surface area contributed by atoms with E-state index in [0.29, 0.717) is 23.5 Å². The van der Waals surface area contributed by atoms with Crippen molar-refractivity contribution >= 4 is 11.0 Å². The molecule has 0 spiro atoms. The topological polar surface area (TPSA) is 47.1 Å². The fourth-order valence-corrected chi connectivity index (χ4v) is 3.27. The zero-order valence-electron chi connectivity index (χ0n) is 16.2. The molecule has 7 heteroatoms.